The third kappa shape index (κ3) is 4.43. The number of hydrogen-bond donors (Lipinski definition) is 1. The molecule has 0 aliphatic carbocycles. The van der Waals surface area contributed by atoms with Crippen LogP contribution < -0.4 is 5.32 Å². The Hall–Kier alpha value is -2.60. The minimum atomic E-state index is -0.264. The van der Waals surface area contributed by atoms with Crippen LogP contribution in [0.25, 0.3) is 0 Å². The molecule has 6 heteroatoms. The minimum absolute atomic E-state index is 0.124. The van der Waals surface area contributed by atoms with Crippen molar-refractivity contribution in [2.45, 2.75) is 12.8 Å². The van der Waals surface area contributed by atoms with Gasteiger partial charge in [0, 0.05) is 6.42 Å². The first-order valence-corrected chi connectivity index (χ1v) is 7.91. The van der Waals surface area contributed by atoms with Gasteiger partial charge >= 0.3 is 0 Å². The molecule has 0 radical (unpaired) electrons. The highest BCUT2D eigenvalue weighted by atomic mass is 32.1. The van der Waals surface area contributed by atoms with Crippen molar-refractivity contribution in [3.8, 4) is 0 Å². The van der Waals surface area contributed by atoms with Gasteiger partial charge in [-0.15, -0.1) is 10.2 Å². The molecule has 0 aliphatic heterocycles. The molecule has 3 aromatic rings. The number of halogens is 1. The van der Waals surface area contributed by atoms with Crippen molar-refractivity contribution in [2.75, 3.05) is 5.32 Å². The van der Waals surface area contributed by atoms with Gasteiger partial charge in [-0.3, -0.25) is 4.79 Å². The molecule has 0 atom stereocenters. The van der Waals surface area contributed by atoms with Crippen LogP contribution in [-0.4, -0.2) is 16.1 Å². The first kappa shape index (κ1) is 15.3. The van der Waals surface area contributed by atoms with Crippen LogP contribution >= 0.6 is 11.3 Å². The second-order valence-corrected chi connectivity index (χ2v) is 6.08. The first-order chi connectivity index (χ1) is 11.2. The Morgan fingerprint density at radius 2 is 1.74 bits per heavy atom. The third-order valence-corrected chi connectivity index (χ3v) is 4.03. The summed E-state index contributed by atoms with van der Waals surface area (Å²) < 4.78 is 12.9. The summed E-state index contributed by atoms with van der Waals surface area (Å²) in [5.74, 6) is -0.388. The van der Waals surface area contributed by atoms with E-state index in [4.69, 9.17) is 0 Å². The van der Waals surface area contributed by atoms with Gasteiger partial charge < -0.3 is 5.32 Å². The summed E-state index contributed by atoms with van der Waals surface area (Å²) in [6, 6.07) is 15.8. The number of rotatable bonds is 5. The summed E-state index contributed by atoms with van der Waals surface area (Å²) in [6.45, 7) is 0. The molecule has 0 saturated heterocycles. The van der Waals surface area contributed by atoms with E-state index < -0.39 is 0 Å². The van der Waals surface area contributed by atoms with Crippen LogP contribution in [0.4, 0.5) is 9.52 Å². The molecule has 116 valence electrons. The number of nitrogens with one attached hydrogen (secondary N) is 1. The highest BCUT2D eigenvalue weighted by Gasteiger charge is 2.09. The van der Waals surface area contributed by atoms with Crippen LogP contribution in [0.2, 0.25) is 0 Å². The van der Waals surface area contributed by atoms with E-state index in [1.807, 2.05) is 30.3 Å². The smallest absolute Gasteiger partial charge is 0.230 e. The molecule has 4 nitrogen and oxygen atoms in total. The average molecular weight is 327 g/mol. The van der Waals surface area contributed by atoms with Gasteiger partial charge in [-0.05, 0) is 23.3 Å². The van der Waals surface area contributed by atoms with E-state index in [0.29, 0.717) is 18.0 Å². The van der Waals surface area contributed by atoms with Crippen molar-refractivity contribution in [1.29, 1.82) is 0 Å². The second-order valence-electron chi connectivity index (χ2n) is 5.01. The monoisotopic (exact) mass is 327 g/mol. The van der Waals surface area contributed by atoms with E-state index in [2.05, 4.69) is 15.5 Å². The Morgan fingerprint density at radius 1 is 1.00 bits per heavy atom. The third-order valence-electron chi connectivity index (χ3n) is 3.19. The predicted molar refractivity (Wildman–Crippen MR) is 87.9 cm³/mol. The van der Waals surface area contributed by atoms with Gasteiger partial charge in [-0.2, -0.15) is 0 Å². The topological polar surface area (TPSA) is 54.9 Å². The molecule has 0 unspecified atom stereocenters. The Balaban J connectivity index is 1.58. The molecule has 0 aliphatic rings. The number of carbonyl (C=O) groups excluding carboxylic acids is 1. The minimum Gasteiger partial charge on any atom is -0.300 e. The summed E-state index contributed by atoms with van der Waals surface area (Å²) in [5.41, 5.74) is 1.89. The van der Waals surface area contributed by atoms with Crippen LogP contribution in [0.1, 0.15) is 16.1 Å². The molecule has 2 aromatic carbocycles. The number of aromatic nitrogens is 2. The molecule has 1 amide bonds. The first-order valence-electron chi connectivity index (χ1n) is 7.09. The number of benzene rings is 2. The van der Waals surface area contributed by atoms with E-state index in [1.54, 1.807) is 12.1 Å². The molecular weight excluding hydrogens is 313 g/mol. The fraction of sp³-hybridized carbons (Fsp3) is 0.118. The van der Waals surface area contributed by atoms with Crippen LogP contribution in [0.5, 0.6) is 0 Å². The second kappa shape index (κ2) is 7.11. The molecular formula is C17H14FN3OS. The van der Waals surface area contributed by atoms with E-state index in [-0.39, 0.29) is 11.7 Å². The maximum absolute atomic E-state index is 12.9. The molecule has 23 heavy (non-hydrogen) atoms. The maximum atomic E-state index is 12.9. The number of hydrogen-bond acceptors (Lipinski definition) is 4. The molecule has 0 spiro atoms. The Bertz CT molecular complexity index is 787. The van der Waals surface area contributed by atoms with Gasteiger partial charge in [0.25, 0.3) is 0 Å². The van der Waals surface area contributed by atoms with Crippen LogP contribution in [0.15, 0.2) is 54.6 Å². The SMILES string of the molecule is O=C(Cc1ccccc1)Nc1nnc(Cc2ccc(F)cc2)s1. The fourth-order valence-electron chi connectivity index (χ4n) is 2.10. The summed E-state index contributed by atoms with van der Waals surface area (Å²) >= 11 is 1.32. The number of amides is 1. The van der Waals surface area contributed by atoms with Crippen molar-refractivity contribution in [3.63, 3.8) is 0 Å². The molecule has 1 N–H and O–H groups in total. The summed E-state index contributed by atoms with van der Waals surface area (Å²) in [7, 11) is 0. The van der Waals surface area contributed by atoms with Gasteiger partial charge in [0.2, 0.25) is 11.0 Å². The number of carbonyl (C=O) groups is 1. The molecule has 1 heterocycles. The standard InChI is InChI=1S/C17H14FN3OS/c18-14-8-6-13(7-9-14)11-16-20-21-17(23-16)19-15(22)10-12-4-2-1-3-5-12/h1-9H,10-11H2,(H,19,21,22). The van der Waals surface area contributed by atoms with E-state index in [0.717, 1.165) is 16.1 Å². The van der Waals surface area contributed by atoms with E-state index >= 15 is 0 Å². The van der Waals surface area contributed by atoms with Crippen molar-refractivity contribution in [3.05, 3.63) is 76.5 Å². The van der Waals surface area contributed by atoms with Gasteiger partial charge in [-0.25, -0.2) is 4.39 Å². The lowest BCUT2D eigenvalue weighted by Gasteiger charge is -2.00. The average Bonchev–Trinajstić information content (AvgIpc) is 2.97. The molecule has 0 saturated carbocycles. The molecule has 1 aromatic heterocycles. The van der Waals surface area contributed by atoms with Crippen LogP contribution in [0.3, 0.4) is 0 Å². The van der Waals surface area contributed by atoms with Gasteiger partial charge in [-0.1, -0.05) is 53.8 Å². The Labute approximate surface area is 137 Å². The van der Waals surface area contributed by atoms with Crippen molar-refractivity contribution >= 4 is 22.4 Å². The molecule has 3 rings (SSSR count). The quantitative estimate of drug-likeness (QED) is 0.781. The zero-order valence-corrected chi connectivity index (χ0v) is 13.0. The number of nitrogens with zero attached hydrogens (tertiary/aromatic N) is 2. The van der Waals surface area contributed by atoms with Gasteiger partial charge in [0.05, 0.1) is 6.42 Å². The molecule has 0 fully saturated rings. The zero-order valence-electron chi connectivity index (χ0n) is 12.2. The highest BCUT2D eigenvalue weighted by Crippen LogP contribution is 2.19. The summed E-state index contributed by atoms with van der Waals surface area (Å²) in [5, 5.41) is 12.0. The zero-order chi connectivity index (χ0) is 16.1. The Morgan fingerprint density at radius 3 is 2.48 bits per heavy atom. The Kier molecular flexibility index (Phi) is 4.73. The lowest BCUT2D eigenvalue weighted by atomic mass is 10.1. The van der Waals surface area contributed by atoms with Crippen molar-refractivity contribution < 1.29 is 9.18 Å². The predicted octanol–water partition coefficient (Wildman–Crippen LogP) is 3.45. The maximum Gasteiger partial charge on any atom is 0.230 e. The lowest BCUT2D eigenvalue weighted by Crippen LogP contribution is -2.14. The van der Waals surface area contributed by atoms with Crippen LogP contribution in [-0.2, 0) is 17.6 Å². The normalized spacial score (nSPS) is 10.5. The molecule has 0 bridgehead atoms. The summed E-state index contributed by atoms with van der Waals surface area (Å²) in [6.07, 6.45) is 0.861. The fourth-order valence-corrected chi connectivity index (χ4v) is 2.89. The van der Waals surface area contributed by atoms with Crippen LogP contribution in [0, 0.1) is 5.82 Å². The highest BCUT2D eigenvalue weighted by molar-refractivity contribution is 7.15. The van der Waals surface area contributed by atoms with Gasteiger partial charge in [0.15, 0.2) is 0 Å². The number of anilines is 1. The summed E-state index contributed by atoms with van der Waals surface area (Å²) in [4.78, 5) is 12.0. The van der Waals surface area contributed by atoms with E-state index in [1.165, 1.54) is 23.5 Å². The van der Waals surface area contributed by atoms with E-state index in [9.17, 15) is 9.18 Å². The largest absolute Gasteiger partial charge is 0.300 e. The van der Waals surface area contributed by atoms with Crippen molar-refractivity contribution in [2.24, 2.45) is 0 Å². The lowest BCUT2D eigenvalue weighted by molar-refractivity contribution is -0.115. The van der Waals surface area contributed by atoms with Crippen molar-refractivity contribution in [1.82, 2.24) is 10.2 Å². The van der Waals surface area contributed by atoms with Gasteiger partial charge in [0.1, 0.15) is 10.8 Å².